The number of nitrogens with zero attached hydrogens (tertiary/aromatic N) is 2. The van der Waals surface area contributed by atoms with Gasteiger partial charge in [0.25, 0.3) is 17.0 Å². The van der Waals surface area contributed by atoms with Crippen LogP contribution in [0.3, 0.4) is 0 Å². The number of carbonyl (C=O) groups is 2. The summed E-state index contributed by atoms with van der Waals surface area (Å²) in [5.74, 6) is 7.40. The largest absolute Gasteiger partial charge is 0.491 e. The summed E-state index contributed by atoms with van der Waals surface area (Å²) in [6.07, 6.45) is 3.67. The van der Waals surface area contributed by atoms with E-state index in [1.165, 1.54) is 16.2 Å². The molecule has 1 aromatic heterocycles. The smallest absolute Gasteiger partial charge is 0.279 e. The minimum atomic E-state index is -0.433. The summed E-state index contributed by atoms with van der Waals surface area (Å²) >= 11 is 1.32. The lowest BCUT2D eigenvalue weighted by Crippen LogP contribution is -2.40. The monoisotopic (exact) mass is 458 g/mol. The van der Waals surface area contributed by atoms with Crippen molar-refractivity contribution in [1.29, 1.82) is 0 Å². The standard InChI is InChI=1S/C26H22N2O4S/c1-16(2)31-18-9-11-19(12-10-18)32-26-27-15-20(33-26)13-14-23(17-7-8-17)28-24(29)21-5-3-4-6-22(21)25(28)30/h3-6,9-12,15-17,23H,7-8H2,1-2H3. The molecule has 6 nitrogen and oxygen atoms in total. The van der Waals surface area contributed by atoms with Crippen molar-refractivity contribution in [2.24, 2.45) is 5.92 Å². The lowest BCUT2D eigenvalue weighted by atomic mass is 10.1. The van der Waals surface area contributed by atoms with E-state index < -0.39 is 6.04 Å². The number of ether oxygens (including phenoxy) is 2. The molecule has 1 fully saturated rings. The van der Waals surface area contributed by atoms with Crippen molar-refractivity contribution in [2.75, 3.05) is 0 Å². The number of rotatable bonds is 6. The van der Waals surface area contributed by atoms with E-state index in [9.17, 15) is 9.59 Å². The Bertz CT molecular complexity index is 1230. The topological polar surface area (TPSA) is 68.7 Å². The van der Waals surface area contributed by atoms with Gasteiger partial charge in [0.15, 0.2) is 0 Å². The fraction of sp³-hybridized carbons (Fsp3) is 0.269. The van der Waals surface area contributed by atoms with E-state index >= 15 is 0 Å². The van der Waals surface area contributed by atoms with E-state index in [1.807, 2.05) is 38.1 Å². The van der Waals surface area contributed by atoms with E-state index in [0.717, 1.165) is 18.6 Å². The Hall–Kier alpha value is -3.63. The van der Waals surface area contributed by atoms with E-state index in [1.54, 1.807) is 30.5 Å². The van der Waals surface area contributed by atoms with Crippen molar-refractivity contribution in [1.82, 2.24) is 9.88 Å². The Morgan fingerprint density at radius 2 is 1.64 bits per heavy atom. The van der Waals surface area contributed by atoms with Gasteiger partial charge in [0.1, 0.15) is 22.4 Å². The maximum atomic E-state index is 12.9. The first-order valence-corrected chi connectivity index (χ1v) is 11.7. The molecule has 5 rings (SSSR count). The summed E-state index contributed by atoms with van der Waals surface area (Å²) in [5.41, 5.74) is 0.904. The number of carbonyl (C=O) groups excluding carboxylic acids is 2. The van der Waals surface area contributed by atoms with Crippen LogP contribution >= 0.6 is 11.3 Å². The van der Waals surface area contributed by atoms with Crippen LogP contribution in [0.1, 0.15) is 52.3 Å². The number of aromatic nitrogens is 1. The number of hydrogen-bond acceptors (Lipinski definition) is 6. The predicted octanol–water partition coefficient (Wildman–Crippen LogP) is 5.15. The van der Waals surface area contributed by atoms with Gasteiger partial charge in [-0.15, -0.1) is 0 Å². The number of benzene rings is 2. The number of fused-ring (bicyclic) bond motifs is 1. The van der Waals surface area contributed by atoms with Crippen molar-refractivity contribution in [2.45, 2.75) is 38.8 Å². The highest BCUT2D eigenvalue weighted by Crippen LogP contribution is 2.38. The number of amides is 2. The summed E-state index contributed by atoms with van der Waals surface area (Å²) < 4.78 is 11.5. The molecule has 0 spiro atoms. The molecule has 0 bridgehead atoms. The molecule has 2 aromatic carbocycles. The van der Waals surface area contributed by atoms with Crippen LogP contribution < -0.4 is 9.47 Å². The lowest BCUT2D eigenvalue weighted by Gasteiger charge is -2.21. The Kier molecular flexibility index (Phi) is 5.61. The zero-order valence-corrected chi connectivity index (χ0v) is 19.1. The average molecular weight is 459 g/mol. The van der Waals surface area contributed by atoms with Crippen LogP contribution in [0.15, 0.2) is 54.7 Å². The van der Waals surface area contributed by atoms with Gasteiger partial charge in [-0.3, -0.25) is 14.5 Å². The van der Waals surface area contributed by atoms with Gasteiger partial charge in [0, 0.05) is 0 Å². The second-order valence-corrected chi connectivity index (χ2v) is 9.30. The van der Waals surface area contributed by atoms with Crippen LogP contribution in [0.5, 0.6) is 16.7 Å². The maximum Gasteiger partial charge on any atom is 0.279 e. The first-order valence-electron chi connectivity index (χ1n) is 10.9. The third-order valence-corrected chi connectivity index (χ3v) is 6.19. The molecule has 2 amide bonds. The van der Waals surface area contributed by atoms with Crippen molar-refractivity contribution < 1.29 is 19.1 Å². The second kappa shape index (κ2) is 8.72. The van der Waals surface area contributed by atoms with Gasteiger partial charge in [-0.2, -0.15) is 0 Å². The van der Waals surface area contributed by atoms with Gasteiger partial charge in [-0.25, -0.2) is 4.98 Å². The van der Waals surface area contributed by atoms with Crippen LogP contribution in [-0.4, -0.2) is 33.8 Å². The number of hydrogen-bond donors (Lipinski definition) is 0. The van der Waals surface area contributed by atoms with Gasteiger partial charge in [0.2, 0.25) is 0 Å². The van der Waals surface area contributed by atoms with Crippen LogP contribution in [0.25, 0.3) is 0 Å². The first-order chi connectivity index (χ1) is 16.0. The molecule has 2 heterocycles. The maximum absolute atomic E-state index is 12.9. The predicted molar refractivity (Wildman–Crippen MR) is 125 cm³/mol. The van der Waals surface area contributed by atoms with Crippen LogP contribution in [-0.2, 0) is 0 Å². The molecule has 0 saturated heterocycles. The molecule has 0 N–H and O–H groups in total. The van der Waals surface area contributed by atoms with E-state index in [2.05, 4.69) is 16.8 Å². The van der Waals surface area contributed by atoms with Gasteiger partial charge in [-0.05, 0) is 69.0 Å². The molecule has 166 valence electrons. The molecule has 1 aliphatic heterocycles. The molecule has 2 aliphatic rings. The molecule has 7 heteroatoms. The normalized spacial score (nSPS) is 15.8. The highest BCUT2D eigenvalue weighted by molar-refractivity contribution is 7.13. The Labute approximate surface area is 196 Å². The molecular formula is C26H22N2O4S. The van der Waals surface area contributed by atoms with E-state index in [-0.39, 0.29) is 23.8 Å². The van der Waals surface area contributed by atoms with Crippen LogP contribution in [0, 0.1) is 17.8 Å². The average Bonchev–Trinajstić information content (AvgIpc) is 3.50. The zero-order valence-electron chi connectivity index (χ0n) is 18.3. The third kappa shape index (κ3) is 4.48. The number of imide groups is 1. The van der Waals surface area contributed by atoms with Crippen molar-refractivity contribution >= 4 is 23.2 Å². The fourth-order valence-corrected chi connectivity index (χ4v) is 4.38. The minimum Gasteiger partial charge on any atom is -0.491 e. The summed E-state index contributed by atoms with van der Waals surface area (Å²) in [7, 11) is 0. The molecule has 1 aliphatic carbocycles. The Morgan fingerprint density at radius 1 is 1.00 bits per heavy atom. The van der Waals surface area contributed by atoms with Crippen LogP contribution in [0.2, 0.25) is 0 Å². The lowest BCUT2D eigenvalue weighted by molar-refractivity contribution is 0.0606. The minimum absolute atomic E-state index is 0.108. The molecule has 1 unspecified atom stereocenters. The van der Waals surface area contributed by atoms with E-state index in [0.29, 0.717) is 26.9 Å². The second-order valence-electron chi connectivity index (χ2n) is 8.31. The van der Waals surface area contributed by atoms with Crippen LogP contribution in [0.4, 0.5) is 0 Å². The van der Waals surface area contributed by atoms with Gasteiger partial charge < -0.3 is 9.47 Å². The first kappa shape index (κ1) is 21.2. The molecule has 0 radical (unpaired) electrons. The molecule has 1 atom stereocenters. The summed E-state index contributed by atoms with van der Waals surface area (Å²) in [6, 6.07) is 13.9. The van der Waals surface area contributed by atoms with Crippen molar-refractivity contribution in [3.05, 3.63) is 70.7 Å². The molecule has 3 aromatic rings. The SMILES string of the molecule is CC(C)Oc1ccc(Oc2ncc(C#CC(C3CC3)N3C(=O)c4ccccc4C3=O)s2)cc1. The third-order valence-electron chi connectivity index (χ3n) is 5.40. The van der Waals surface area contributed by atoms with Gasteiger partial charge >= 0.3 is 0 Å². The molecular weight excluding hydrogens is 436 g/mol. The molecule has 1 saturated carbocycles. The quantitative estimate of drug-likeness (QED) is 0.378. The van der Waals surface area contributed by atoms with Gasteiger partial charge in [0.05, 0.1) is 23.4 Å². The van der Waals surface area contributed by atoms with Crippen molar-refractivity contribution in [3.8, 4) is 28.5 Å². The molecule has 33 heavy (non-hydrogen) atoms. The van der Waals surface area contributed by atoms with Gasteiger partial charge in [-0.1, -0.05) is 35.3 Å². The number of thiazole rings is 1. The van der Waals surface area contributed by atoms with Crippen molar-refractivity contribution in [3.63, 3.8) is 0 Å². The fourth-order valence-electron chi connectivity index (χ4n) is 3.73. The zero-order chi connectivity index (χ0) is 22.9. The highest BCUT2D eigenvalue weighted by atomic mass is 32.1. The Balaban J connectivity index is 1.30. The summed E-state index contributed by atoms with van der Waals surface area (Å²) in [5, 5.41) is 0.473. The summed E-state index contributed by atoms with van der Waals surface area (Å²) in [4.78, 5) is 32.1. The summed E-state index contributed by atoms with van der Waals surface area (Å²) in [6.45, 7) is 3.95. The van der Waals surface area contributed by atoms with E-state index in [4.69, 9.17) is 9.47 Å². The Morgan fingerprint density at radius 3 is 2.24 bits per heavy atom. The highest BCUT2D eigenvalue weighted by Gasteiger charge is 2.45.